The number of hydrogen-bond donors (Lipinski definition) is 1. The lowest BCUT2D eigenvalue weighted by Crippen LogP contribution is -2.12. The second-order valence-electron chi connectivity index (χ2n) is 3.94. The third kappa shape index (κ3) is 3.51. The average Bonchev–Trinajstić information content (AvgIpc) is 2.88. The molecule has 0 unspecified atom stereocenters. The van der Waals surface area contributed by atoms with Crippen LogP contribution in [0.1, 0.15) is 18.2 Å². The number of nitrogens with one attached hydrogen (secondary N) is 1. The molecule has 0 fully saturated rings. The van der Waals surface area contributed by atoms with E-state index in [4.69, 9.17) is 9.26 Å². The van der Waals surface area contributed by atoms with Crippen molar-refractivity contribution in [3.63, 3.8) is 0 Å². The standard InChI is InChI=1S/C13H14F2N2O2/c1-2-16-7-9-5-11(14)13(12(15)6-9)18-8-10-3-4-17-19-10/h3-6,16H,2,7-8H2,1H3. The maximum absolute atomic E-state index is 13.7. The van der Waals surface area contributed by atoms with E-state index in [0.29, 0.717) is 17.9 Å². The third-order valence-corrected chi connectivity index (χ3v) is 2.49. The quantitative estimate of drug-likeness (QED) is 0.875. The van der Waals surface area contributed by atoms with E-state index in [-0.39, 0.29) is 6.61 Å². The molecule has 0 bridgehead atoms. The van der Waals surface area contributed by atoms with Gasteiger partial charge in [-0.15, -0.1) is 0 Å². The Bertz CT molecular complexity index is 506. The molecule has 0 spiro atoms. The number of halogens is 2. The Morgan fingerprint density at radius 2 is 2.05 bits per heavy atom. The number of benzene rings is 1. The molecule has 1 aromatic heterocycles. The number of aromatic nitrogens is 1. The first kappa shape index (κ1) is 13.5. The lowest BCUT2D eigenvalue weighted by molar-refractivity contribution is 0.230. The van der Waals surface area contributed by atoms with E-state index in [0.717, 1.165) is 6.54 Å². The van der Waals surface area contributed by atoms with Gasteiger partial charge in [-0.25, -0.2) is 8.78 Å². The van der Waals surface area contributed by atoms with E-state index in [1.54, 1.807) is 6.07 Å². The lowest BCUT2D eigenvalue weighted by atomic mass is 10.2. The van der Waals surface area contributed by atoms with Crippen molar-refractivity contribution in [2.75, 3.05) is 6.54 Å². The Balaban J connectivity index is 2.08. The van der Waals surface area contributed by atoms with Gasteiger partial charge in [-0.2, -0.15) is 0 Å². The topological polar surface area (TPSA) is 47.3 Å². The monoisotopic (exact) mass is 268 g/mol. The lowest BCUT2D eigenvalue weighted by Gasteiger charge is -2.09. The van der Waals surface area contributed by atoms with Gasteiger partial charge in [0.2, 0.25) is 0 Å². The molecule has 1 N–H and O–H groups in total. The fourth-order valence-electron chi connectivity index (χ4n) is 1.58. The van der Waals surface area contributed by atoms with Crippen LogP contribution in [0.3, 0.4) is 0 Å². The second-order valence-corrected chi connectivity index (χ2v) is 3.94. The van der Waals surface area contributed by atoms with E-state index in [9.17, 15) is 8.78 Å². The Morgan fingerprint density at radius 1 is 1.32 bits per heavy atom. The zero-order valence-electron chi connectivity index (χ0n) is 10.5. The van der Waals surface area contributed by atoms with Crippen molar-refractivity contribution in [2.24, 2.45) is 0 Å². The van der Waals surface area contributed by atoms with E-state index >= 15 is 0 Å². The van der Waals surface area contributed by atoms with Gasteiger partial charge in [0, 0.05) is 12.6 Å². The van der Waals surface area contributed by atoms with Crippen LogP contribution in [0.5, 0.6) is 5.75 Å². The smallest absolute Gasteiger partial charge is 0.191 e. The van der Waals surface area contributed by atoms with Gasteiger partial charge in [-0.05, 0) is 24.2 Å². The fraction of sp³-hybridized carbons (Fsp3) is 0.308. The minimum atomic E-state index is -0.729. The molecule has 102 valence electrons. The van der Waals surface area contributed by atoms with Gasteiger partial charge in [0.25, 0.3) is 0 Å². The Labute approximate surface area is 109 Å². The van der Waals surface area contributed by atoms with E-state index < -0.39 is 17.4 Å². The molecule has 19 heavy (non-hydrogen) atoms. The van der Waals surface area contributed by atoms with Gasteiger partial charge in [0.15, 0.2) is 23.1 Å². The van der Waals surface area contributed by atoms with Gasteiger partial charge < -0.3 is 14.6 Å². The summed E-state index contributed by atoms with van der Waals surface area (Å²) < 4.78 is 37.3. The normalized spacial score (nSPS) is 10.7. The molecule has 0 saturated heterocycles. The number of nitrogens with zero attached hydrogens (tertiary/aromatic N) is 1. The molecule has 0 atom stereocenters. The maximum Gasteiger partial charge on any atom is 0.191 e. The van der Waals surface area contributed by atoms with Crippen LogP contribution in [0.15, 0.2) is 28.9 Å². The van der Waals surface area contributed by atoms with E-state index in [1.165, 1.54) is 18.3 Å². The van der Waals surface area contributed by atoms with Crippen molar-refractivity contribution in [3.05, 3.63) is 47.4 Å². The van der Waals surface area contributed by atoms with Crippen LogP contribution in [0.4, 0.5) is 8.78 Å². The van der Waals surface area contributed by atoms with Crippen molar-refractivity contribution >= 4 is 0 Å². The van der Waals surface area contributed by atoms with Crippen molar-refractivity contribution < 1.29 is 18.0 Å². The zero-order valence-corrected chi connectivity index (χ0v) is 10.5. The third-order valence-electron chi connectivity index (χ3n) is 2.49. The summed E-state index contributed by atoms with van der Waals surface area (Å²) in [6, 6.07) is 4.07. The summed E-state index contributed by atoms with van der Waals surface area (Å²) in [4.78, 5) is 0. The molecule has 0 amide bonds. The largest absolute Gasteiger partial charge is 0.479 e. The van der Waals surface area contributed by atoms with Crippen LogP contribution in [0.25, 0.3) is 0 Å². The predicted molar refractivity (Wildman–Crippen MR) is 64.6 cm³/mol. The minimum Gasteiger partial charge on any atom is -0.479 e. The molecule has 2 aromatic rings. The highest BCUT2D eigenvalue weighted by atomic mass is 19.1. The molecule has 4 nitrogen and oxygen atoms in total. The zero-order chi connectivity index (χ0) is 13.7. The number of rotatable bonds is 6. The van der Waals surface area contributed by atoms with Crippen LogP contribution < -0.4 is 10.1 Å². The Kier molecular flexibility index (Phi) is 4.46. The van der Waals surface area contributed by atoms with E-state index in [1.807, 2.05) is 6.92 Å². The van der Waals surface area contributed by atoms with Gasteiger partial charge in [0.05, 0.1) is 6.20 Å². The van der Waals surface area contributed by atoms with Gasteiger partial charge in [0.1, 0.15) is 6.61 Å². The highest BCUT2D eigenvalue weighted by molar-refractivity contribution is 5.31. The highest BCUT2D eigenvalue weighted by Gasteiger charge is 2.13. The van der Waals surface area contributed by atoms with Gasteiger partial charge >= 0.3 is 0 Å². The molecular formula is C13H14F2N2O2. The van der Waals surface area contributed by atoms with Crippen molar-refractivity contribution in [1.82, 2.24) is 10.5 Å². The van der Waals surface area contributed by atoms with Crippen LogP contribution in [-0.2, 0) is 13.2 Å². The van der Waals surface area contributed by atoms with Crippen LogP contribution >= 0.6 is 0 Å². The first-order valence-electron chi connectivity index (χ1n) is 5.91. The van der Waals surface area contributed by atoms with Crippen LogP contribution in [0, 0.1) is 11.6 Å². The summed E-state index contributed by atoms with van der Waals surface area (Å²) >= 11 is 0. The minimum absolute atomic E-state index is 0.0691. The summed E-state index contributed by atoms with van der Waals surface area (Å²) in [6.07, 6.45) is 1.44. The number of ether oxygens (including phenoxy) is 1. The fourth-order valence-corrected chi connectivity index (χ4v) is 1.58. The maximum atomic E-state index is 13.7. The number of hydrogen-bond acceptors (Lipinski definition) is 4. The summed E-state index contributed by atoms with van der Waals surface area (Å²) in [5, 5.41) is 6.47. The van der Waals surface area contributed by atoms with Crippen molar-refractivity contribution in [3.8, 4) is 5.75 Å². The highest BCUT2D eigenvalue weighted by Crippen LogP contribution is 2.24. The molecular weight excluding hydrogens is 254 g/mol. The molecule has 1 aromatic carbocycles. The molecule has 0 aliphatic rings. The summed E-state index contributed by atoms with van der Waals surface area (Å²) in [5.74, 6) is -1.47. The Morgan fingerprint density at radius 3 is 2.63 bits per heavy atom. The molecule has 0 aliphatic heterocycles. The van der Waals surface area contributed by atoms with Crippen LogP contribution in [-0.4, -0.2) is 11.7 Å². The SMILES string of the molecule is CCNCc1cc(F)c(OCc2ccno2)c(F)c1. The van der Waals surface area contributed by atoms with Gasteiger partial charge in [-0.1, -0.05) is 12.1 Å². The summed E-state index contributed by atoms with van der Waals surface area (Å²) in [5.41, 5.74) is 0.531. The predicted octanol–water partition coefficient (Wildman–Crippen LogP) is 2.64. The second kappa shape index (κ2) is 6.29. The molecule has 1 heterocycles. The van der Waals surface area contributed by atoms with Crippen molar-refractivity contribution in [2.45, 2.75) is 20.1 Å². The van der Waals surface area contributed by atoms with E-state index in [2.05, 4.69) is 10.5 Å². The summed E-state index contributed by atoms with van der Waals surface area (Å²) in [7, 11) is 0. The molecule has 0 radical (unpaired) electrons. The molecule has 6 heteroatoms. The first-order chi connectivity index (χ1) is 9.20. The first-order valence-corrected chi connectivity index (χ1v) is 5.91. The summed E-state index contributed by atoms with van der Waals surface area (Å²) in [6.45, 7) is 2.99. The van der Waals surface area contributed by atoms with Crippen LogP contribution in [0.2, 0.25) is 0 Å². The molecule has 0 aliphatic carbocycles. The average molecular weight is 268 g/mol. The van der Waals surface area contributed by atoms with Crippen molar-refractivity contribution in [1.29, 1.82) is 0 Å². The molecule has 0 saturated carbocycles. The molecule has 2 rings (SSSR count). The van der Waals surface area contributed by atoms with Gasteiger partial charge in [-0.3, -0.25) is 0 Å². The Hall–Kier alpha value is -1.95.